The lowest BCUT2D eigenvalue weighted by atomic mass is 10.1. The molecule has 112 valence electrons. The SMILES string of the molecule is NC[C@@H](c1ccc(N2CCCCC2)o1)N1CCOCC1. The van der Waals surface area contributed by atoms with Gasteiger partial charge in [0.25, 0.3) is 0 Å². The van der Waals surface area contributed by atoms with Crippen molar-refractivity contribution in [2.75, 3.05) is 50.8 Å². The number of morpholine rings is 1. The predicted octanol–water partition coefficient (Wildman–Crippen LogP) is 1.60. The van der Waals surface area contributed by atoms with Crippen molar-refractivity contribution in [1.29, 1.82) is 0 Å². The summed E-state index contributed by atoms with van der Waals surface area (Å²) in [6.07, 6.45) is 3.86. The average molecular weight is 279 g/mol. The third-order valence-corrected chi connectivity index (χ3v) is 4.32. The third-order valence-electron chi connectivity index (χ3n) is 4.32. The molecule has 0 aliphatic carbocycles. The summed E-state index contributed by atoms with van der Waals surface area (Å²) in [5.74, 6) is 2.00. The van der Waals surface area contributed by atoms with Crippen molar-refractivity contribution in [2.45, 2.75) is 25.3 Å². The molecule has 2 N–H and O–H groups in total. The van der Waals surface area contributed by atoms with E-state index in [2.05, 4.69) is 21.9 Å². The standard InChI is InChI=1S/C15H25N3O2/c16-12-13(17-8-10-19-11-9-17)14-4-5-15(20-14)18-6-2-1-3-7-18/h4-5,13H,1-3,6-12,16H2/t13-/m0/s1. The van der Waals surface area contributed by atoms with E-state index in [0.29, 0.717) is 6.54 Å². The van der Waals surface area contributed by atoms with Crippen LogP contribution in [0, 0.1) is 0 Å². The van der Waals surface area contributed by atoms with Crippen molar-refractivity contribution in [1.82, 2.24) is 4.90 Å². The summed E-state index contributed by atoms with van der Waals surface area (Å²) in [5, 5.41) is 0. The maximum atomic E-state index is 6.09. The Morgan fingerprint density at radius 1 is 1.05 bits per heavy atom. The van der Waals surface area contributed by atoms with Crippen LogP contribution < -0.4 is 10.6 Å². The molecule has 3 rings (SSSR count). The molecule has 1 atom stereocenters. The Balaban J connectivity index is 1.70. The maximum Gasteiger partial charge on any atom is 0.195 e. The Labute approximate surface area is 120 Å². The van der Waals surface area contributed by atoms with Crippen molar-refractivity contribution >= 4 is 5.88 Å². The highest BCUT2D eigenvalue weighted by atomic mass is 16.5. The Morgan fingerprint density at radius 2 is 1.80 bits per heavy atom. The first-order chi connectivity index (χ1) is 9.88. The zero-order valence-corrected chi connectivity index (χ0v) is 12.1. The molecule has 2 aliphatic heterocycles. The molecule has 1 aromatic rings. The number of rotatable bonds is 4. The van der Waals surface area contributed by atoms with Gasteiger partial charge in [0.15, 0.2) is 5.88 Å². The zero-order valence-electron chi connectivity index (χ0n) is 12.1. The highest BCUT2D eigenvalue weighted by molar-refractivity contribution is 5.37. The van der Waals surface area contributed by atoms with E-state index in [4.69, 9.17) is 14.9 Å². The van der Waals surface area contributed by atoms with Crippen molar-refractivity contribution in [3.05, 3.63) is 17.9 Å². The molecule has 0 radical (unpaired) electrons. The topological polar surface area (TPSA) is 54.9 Å². The summed E-state index contributed by atoms with van der Waals surface area (Å²) < 4.78 is 11.5. The third kappa shape index (κ3) is 3.00. The fraction of sp³-hybridized carbons (Fsp3) is 0.733. The lowest BCUT2D eigenvalue weighted by Gasteiger charge is -2.32. The molecule has 1 aromatic heterocycles. The summed E-state index contributed by atoms with van der Waals surface area (Å²) in [5.41, 5.74) is 5.97. The monoisotopic (exact) mass is 279 g/mol. The van der Waals surface area contributed by atoms with Gasteiger partial charge in [-0.25, -0.2) is 0 Å². The molecule has 0 amide bonds. The number of hydrogen-bond acceptors (Lipinski definition) is 5. The van der Waals surface area contributed by atoms with Gasteiger partial charge in [0.05, 0.1) is 19.3 Å². The molecule has 0 unspecified atom stereocenters. The second-order valence-electron chi connectivity index (χ2n) is 5.62. The second kappa shape index (κ2) is 6.61. The van der Waals surface area contributed by atoms with Crippen LogP contribution in [0.5, 0.6) is 0 Å². The Morgan fingerprint density at radius 3 is 2.50 bits per heavy atom. The number of furan rings is 1. The minimum Gasteiger partial charge on any atom is -0.444 e. The Kier molecular flexibility index (Phi) is 4.60. The average Bonchev–Trinajstić information content (AvgIpc) is 3.00. The first kappa shape index (κ1) is 13.9. The van der Waals surface area contributed by atoms with E-state index in [1.807, 2.05) is 0 Å². The van der Waals surface area contributed by atoms with Crippen molar-refractivity contribution in [3.63, 3.8) is 0 Å². The van der Waals surface area contributed by atoms with Gasteiger partial charge in [0.1, 0.15) is 5.76 Å². The molecule has 20 heavy (non-hydrogen) atoms. The van der Waals surface area contributed by atoms with Crippen molar-refractivity contribution in [3.8, 4) is 0 Å². The van der Waals surface area contributed by atoms with Crippen molar-refractivity contribution < 1.29 is 9.15 Å². The zero-order chi connectivity index (χ0) is 13.8. The summed E-state index contributed by atoms with van der Waals surface area (Å²) in [4.78, 5) is 4.71. The number of anilines is 1. The van der Waals surface area contributed by atoms with Gasteiger partial charge in [-0.05, 0) is 25.3 Å². The normalized spacial score (nSPS) is 22.9. The van der Waals surface area contributed by atoms with Gasteiger partial charge in [0, 0.05) is 38.8 Å². The molecule has 5 heteroatoms. The van der Waals surface area contributed by atoms with Gasteiger partial charge in [0.2, 0.25) is 0 Å². The smallest absolute Gasteiger partial charge is 0.195 e. The van der Waals surface area contributed by atoms with Gasteiger partial charge < -0.3 is 19.8 Å². The summed E-state index contributed by atoms with van der Waals surface area (Å²) in [6, 6.07) is 4.37. The Bertz CT molecular complexity index is 409. The largest absolute Gasteiger partial charge is 0.444 e. The van der Waals surface area contributed by atoms with Crippen LogP contribution in [0.2, 0.25) is 0 Å². The van der Waals surface area contributed by atoms with Crippen LogP contribution in [0.15, 0.2) is 16.5 Å². The van der Waals surface area contributed by atoms with Gasteiger partial charge >= 0.3 is 0 Å². The molecule has 0 saturated carbocycles. The van der Waals surface area contributed by atoms with E-state index >= 15 is 0 Å². The van der Waals surface area contributed by atoms with Crippen LogP contribution in [-0.2, 0) is 4.74 Å². The van der Waals surface area contributed by atoms with Crippen LogP contribution in [0.3, 0.4) is 0 Å². The van der Waals surface area contributed by atoms with Crippen LogP contribution in [0.1, 0.15) is 31.1 Å². The number of piperidine rings is 1. The van der Waals surface area contributed by atoms with Crippen LogP contribution in [0.4, 0.5) is 5.88 Å². The van der Waals surface area contributed by atoms with E-state index < -0.39 is 0 Å². The predicted molar refractivity (Wildman–Crippen MR) is 79.0 cm³/mol. The van der Waals surface area contributed by atoms with Crippen molar-refractivity contribution in [2.24, 2.45) is 5.73 Å². The molecular weight excluding hydrogens is 254 g/mol. The number of nitrogens with two attached hydrogens (primary N) is 1. The molecule has 2 aliphatic rings. The highest BCUT2D eigenvalue weighted by Gasteiger charge is 2.25. The summed E-state index contributed by atoms with van der Waals surface area (Å²) in [6.45, 7) is 6.25. The first-order valence-electron chi connectivity index (χ1n) is 7.75. The number of hydrogen-bond donors (Lipinski definition) is 1. The molecular formula is C15H25N3O2. The number of nitrogens with zero attached hydrogens (tertiary/aromatic N) is 2. The van der Waals surface area contributed by atoms with Gasteiger partial charge in [-0.3, -0.25) is 4.90 Å². The van der Waals surface area contributed by atoms with E-state index in [9.17, 15) is 0 Å². The maximum absolute atomic E-state index is 6.09. The molecule has 2 saturated heterocycles. The highest BCUT2D eigenvalue weighted by Crippen LogP contribution is 2.28. The van der Waals surface area contributed by atoms with Gasteiger partial charge in [-0.15, -0.1) is 0 Å². The minimum atomic E-state index is 0.178. The summed E-state index contributed by atoms with van der Waals surface area (Å²) >= 11 is 0. The van der Waals surface area contributed by atoms with E-state index in [-0.39, 0.29) is 6.04 Å². The molecule has 0 spiro atoms. The molecule has 3 heterocycles. The van der Waals surface area contributed by atoms with Crippen LogP contribution >= 0.6 is 0 Å². The minimum absolute atomic E-state index is 0.178. The van der Waals surface area contributed by atoms with E-state index in [1.165, 1.54) is 19.3 Å². The molecule has 5 nitrogen and oxygen atoms in total. The summed E-state index contributed by atoms with van der Waals surface area (Å²) in [7, 11) is 0. The lowest BCUT2D eigenvalue weighted by molar-refractivity contribution is 0.0137. The molecule has 2 fully saturated rings. The fourth-order valence-corrected chi connectivity index (χ4v) is 3.14. The van der Waals surface area contributed by atoms with Gasteiger partial charge in [-0.1, -0.05) is 0 Å². The number of ether oxygens (including phenoxy) is 1. The van der Waals surface area contributed by atoms with E-state index in [0.717, 1.165) is 51.0 Å². The van der Waals surface area contributed by atoms with Crippen LogP contribution in [0.25, 0.3) is 0 Å². The van der Waals surface area contributed by atoms with Gasteiger partial charge in [-0.2, -0.15) is 0 Å². The quantitative estimate of drug-likeness (QED) is 0.907. The first-order valence-corrected chi connectivity index (χ1v) is 7.75. The lowest BCUT2D eigenvalue weighted by Crippen LogP contribution is -2.41. The Hall–Kier alpha value is -1.04. The molecule has 0 bridgehead atoms. The molecule has 0 aromatic carbocycles. The van der Waals surface area contributed by atoms with Crippen LogP contribution in [-0.4, -0.2) is 50.8 Å². The second-order valence-corrected chi connectivity index (χ2v) is 5.62. The van der Waals surface area contributed by atoms with E-state index in [1.54, 1.807) is 0 Å². The fourth-order valence-electron chi connectivity index (χ4n) is 3.14.